The van der Waals surface area contributed by atoms with Crippen LogP contribution < -0.4 is 5.32 Å². The summed E-state index contributed by atoms with van der Waals surface area (Å²) in [5.41, 5.74) is 1.76. The number of nitrogens with one attached hydrogen (secondary N) is 1. The first-order valence-corrected chi connectivity index (χ1v) is 8.31. The number of halogens is 3. The minimum atomic E-state index is -1.03. The first kappa shape index (κ1) is 17.3. The number of aromatic hydroxyl groups is 1. The number of hydrogen-bond donors (Lipinski definition) is 2. The van der Waals surface area contributed by atoms with Crippen molar-refractivity contribution in [2.45, 2.75) is 6.42 Å². The largest absolute Gasteiger partial charge is 0.503 e. The van der Waals surface area contributed by atoms with Gasteiger partial charge in [0.1, 0.15) is 12.1 Å². The highest BCUT2D eigenvalue weighted by atomic mass is 79.9. The smallest absolute Gasteiger partial charge is 0.187 e. The van der Waals surface area contributed by atoms with E-state index in [9.17, 15) is 13.9 Å². The number of aromatic nitrogens is 2. The van der Waals surface area contributed by atoms with Crippen LogP contribution in [0.25, 0.3) is 11.3 Å². The molecule has 3 aromatic rings. The van der Waals surface area contributed by atoms with Crippen molar-refractivity contribution < 1.29 is 13.9 Å². The molecule has 2 aromatic carbocycles. The molecule has 0 aliphatic heterocycles. The summed E-state index contributed by atoms with van der Waals surface area (Å²) in [6, 6.07) is 11.7. The molecule has 0 spiro atoms. The second kappa shape index (κ2) is 7.57. The van der Waals surface area contributed by atoms with E-state index < -0.39 is 17.4 Å². The van der Waals surface area contributed by atoms with Crippen LogP contribution >= 0.6 is 15.9 Å². The van der Waals surface area contributed by atoms with Gasteiger partial charge in [0.2, 0.25) is 0 Å². The lowest BCUT2D eigenvalue weighted by atomic mass is 10.1. The van der Waals surface area contributed by atoms with Crippen molar-refractivity contribution in [3.8, 4) is 17.0 Å². The normalized spacial score (nSPS) is 10.7. The monoisotopic (exact) mass is 405 g/mol. The molecule has 25 heavy (non-hydrogen) atoms. The Morgan fingerprint density at radius 3 is 2.36 bits per heavy atom. The summed E-state index contributed by atoms with van der Waals surface area (Å²) in [4.78, 5) is 8.13. The van der Waals surface area contributed by atoms with Gasteiger partial charge in [0.25, 0.3) is 0 Å². The molecule has 0 saturated carbocycles. The fourth-order valence-electron chi connectivity index (χ4n) is 2.31. The van der Waals surface area contributed by atoms with Crippen LogP contribution in [-0.4, -0.2) is 21.6 Å². The molecule has 0 aliphatic rings. The predicted octanol–water partition coefficient (Wildman–Crippen LogP) is 4.54. The van der Waals surface area contributed by atoms with Gasteiger partial charge in [0, 0.05) is 22.6 Å². The van der Waals surface area contributed by atoms with E-state index in [1.165, 1.54) is 11.9 Å². The molecular weight excluding hydrogens is 392 g/mol. The Morgan fingerprint density at radius 2 is 1.68 bits per heavy atom. The van der Waals surface area contributed by atoms with E-state index in [2.05, 4.69) is 31.2 Å². The minimum absolute atomic E-state index is 0.228. The SMILES string of the molecule is Oc1c(F)cc(-c2cc(NCCc3ccc(Br)cc3)ncn2)cc1F. The van der Waals surface area contributed by atoms with E-state index in [-0.39, 0.29) is 5.56 Å². The first-order valence-electron chi connectivity index (χ1n) is 7.51. The molecule has 0 unspecified atom stereocenters. The molecule has 0 bridgehead atoms. The third-order valence-electron chi connectivity index (χ3n) is 3.61. The van der Waals surface area contributed by atoms with E-state index in [0.29, 0.717) is 18.1 Å². The lowest BCUT2D eigenvalue weighted by Crippen LogP contribution is -2.06. The molecule has 7 heteroatoms. The van der Waals surface area contributed by atoms with Crippen molar-refractivity contribution in [2.75, 3.05) is 11.9 Å². The van der Waals surface area contributed by atoms with Gasteiger partial charge >= 0.3 is 0 Å². The zero-order valence-corrected chi connectivity index (χ0v) is 14.6. The van der Waals surface area contributed by atoms with Gasteiger partial charge in [0.05, 0.1) is 5.69 Å². The summed E-state index contributed by atoms with van der Waals surface area (Å²) in [7, 11) is 0. The van der Waals surface area contributed by atoms with Crippen LogP contribution in [0.2, 0.25) is 0 Å². The summed E-state index contributed by atoms with van der Waals surface area (Å²) < 4.78 is 28.0. The Morgan fingerprint density at radius 1 is 1.00 bits per heavy atom. The van der Waals surface area contributed by atoms with Crippen LogP contribution in [0.4, 0.5) is 14.6 Å². The maximum Gasteiger partial charge on any atom is 0.187 e. The fraction of sp³-hybridized carbons (Fsp3) is 0.111. The second-order valence-electron chi connectivity index (χ2n) is 5.38. The third-order valence-corrected chi connectivity index (χ3v) is 4.14. The van der Waals surface area contributed by atoms with Gasteiger partial charge in [-0.05, 0) is 36.2 Å². The zero-order valence-electron chi connectivity index (χ0n) is 13.0. The number of phenols is 1. The number of hydrogen-bond acceptors (Lipinski definition) is 4. The molecule has 4 nitrogen and oxygen atoms in total. The molecule has 2 N–H and O–H groups in total. The summed E-state index contributed by atoms with van der Waals surface area (Å²) in [5, 5.41) is 12.3. The minimum Gasteiger partial charge on any atom is -0.503 e. The molecule has 0 atom stereocenters. The van der Waals surface area contributed by atoms with Crippen molar-refractivity contribution in [3.63, 3.8) is 0 Å². The zero-order chi connectivity index (χ0) is 17.8. The van der Waals surface area contributed by atoms with Crippen LogP contribution in [0.3, 0.4) is 0 Å². The number of benzene rings is 2. The molecule has 128 valence electrons. The number of nitrogens with zero attached hydrogens (tertiary/aromatic N) is 2. The molecule has 1 heterocycles. The van der Waals surface area contributed by atoms with Crippen LogP contribution in [-0.2, 0) is 6.42 Å². The van der Waals surface area contributed by atoms with Crippen LogP contribution in [0.15, 0.2) is 53.3 Å². The molecule has 0 amide bonds. The number of phenolic OH excluding ortho intramolecular Hbond substituents is 1. The Labute approximate surface area is 151 Å². The van der Waals surface area contributed by atoms with E-state index >= 15 is 0 Å². The van der Waals surface area contributed by atoms with Gasteiger partial charge in [-0.15, -0.1) is 0 Å². The topological polar surface area (TPSA) is 58.0 Å². The van der Waals surface area contributed by atoms with Crippen molar-refractivity contribution in [3.05, 3.63) is 70.5 Å². The van der Waals surface area contributed by atoms with E-state index in [4.69, 9.17) is 0 Å². The summed E-state index contributed by atoms with van der Waals surface area (Å²) in [6.07, 6.45) is 2.12. The van der Waals surface area contributed by atoms with Crippen LogP contribution in [0, 0.1) is 11.6 Å². The highest BCUT2D eigenvalue weighted by Crippen LogP contribution is 2.27. The Kier molecular flexibility index (Phi) is 5.23. The van der Waals surface area contributed by atoms with E-state index in [1.54, 1.807) is 6.07 Å². The molecular formula is C18H14BrF2N3O. The molecule has 1 aromatic heterocycles. The summed E-state index contributed by atoms with van der Waals surface area (Å²) >= 11 is 3.39. The summed E-state index contributed by atoms with van der Waals surface area (Å²) in [5.74, 6) is -2.50. The molecule has 3 rings (SSSR count). The van der Waals surface area contributed by atoms with Crippen molar-refractivity contribution in [1.82, 2.24) is 9.97 Å². The molecule has 0 fully saturated rings. The number of anilines is 1. The number of rotatable bonds is 5. The van der Waals surface area contributed by atoms with Gasteiger partial charge in [-0.1, -0.05) is 28.1 Å². The van der Waals surface area contributed by atoms with Gasteiger partial charge in [-0.25, -0.2) is 18.7 Å². The molecule has 0 saturated heterocycles. The lowest BCUT2D eigenvalue weighted by molar-refractivity contribution is 0.396. The lowest BCUT2D eigenvalue weighted by Gasteiger charge is -2.08. The third kappa shape index (κ3) is 4.30. The average Bonchev–Trinajstić information content (AvgIpc) is 2.61. The first-order chi connectivity index (χ1) is 12.0. The second-order valence-corrected chi connectivity index (χ2v) is 6.30. The summed E-state index contributed by atoms with van der Waals surface area (Å²) in [6.45, 7) is 0.649. The average molecular weight is 406 g/mol. The van der Waals surface area contributed by atoms with E-state index in [0.717, 1.165) is 23.0 Å². The Balaban J connectivity index is 1.70. The van der Waals surface area contributed by atoms with Crippen molar-refractivity contribution >= 4 is 21.7 Å². The van der Waals surface area contributed by atoms with Gasteiger partial charge in [-0.2, -0.15) is 0 Å². The maximum absolute atomic E-state index is 13.5. The van der Waals surface area contributed by atoms with Crippen LogP contribution in [0.5, 0.6) is 5.75 Å². The predicted molar refractivity (Wildman–Crippen MR) is 95.4 cm³/mol. The van der Waals surface area contributed by atoms with Crippen molar-refractivity contribution in [1.29, 1.82) is 0 Å². The highest BCUT2D eigenvalue weighted by molar-refractivity contribution is 9.10. The van der Waals surface area contributed by atoms with Crippen molar-refractivity contribution in [2.24, 2.45) is 0 Å². The fourth-order valence-corrected chi connectivity index (χ4v) is 2.58. The maximum atomic E-state index is 13.5. The van der Waals surface area contributed by atoms with Gasteiger partial charge < -0.3 is 10.4 Å². The standard InChI is InChI=1S/C18H14BrF2N3O/c19-13-3-1-11(2-4-13)5-6-22-17-9-16(23-10-24-17)12-7-14(20)18(25)15(21)8-12/h1-4,7-10,25H,5-6H2,(H,22,23,24). The molecule has 0 aliphatic carbocycles. The molecule has 0 radical (unpaired) electrons. The van der Waals surface area contributed by atoms with Crippen LogP contribution in [0.1, 0.15) is 5.56 Å². The van der Waals surface area contributed by atoms with Gasteiger partial charge in [-0.3, -0.25) is 0 Å². The van der Waals surface area contributed by atoms with E-state index in [1.807, 2.05) is 24.3 Å². The highest BCUT2D eigenvalue weighted by Gasteiger charge is 2.12. The van der Waals surface area contributed by atoms with Gasteiger partial charge in [0.15, 0.2) is 17.4 Å². The Hall–Kier alpha value is -2.54. The Bertz CT molecular complexity index is 865. The quantitative estimate of drug-likeness (QED) is 0.653.